The highest BCUT2D eigenvalue weighted by Crippen LogP contribution is 2.27. The van der Waals surface area contributed by atoms with Crippen molar-refractivity contribution in [2.45, 2.75) is 19.9 Å². The average molecular weight is 286 g/mol. The number of hydrogen-bond acceptors (Lipinski definition) is 3. The maximum atomic E-state index is 12.3. The van der Waals surface area contributed by atoms with Crippen molar-refractivity contribution >= 4 is 12.0 Å². The number of carbonyl (C=O) groups is 2. The molecule has 5 heteroatoms. The molecule has 1 atom stereocenters. The van der Waals surface area contributed by atoms with Gasteiger partial charge >= 0.3 is 12.0 Å². The molecule has 0 aromatic heterocycles. The normalized spacial score (nSPS) is 18.4. The van der Waals surface area contributed by atoms with Crippen LogP contribution in [-0.4, -0.2) is 18.6 Å². The van der Waals surface area contributed by atoms with Crippen LogP contribution in [0.4, 0.5) is 4.79 Å². The molecule has 2 rings (SSSR count). The van der Waals surface area contributed by atoms with E-state index in [4.69, 9.17) is 4.74 Å². The summed E-state index contributed by atoms with van der Waals surface area (Å²) in [5, 5.41) is 5.37. The van der Waals surface area contributed by atoms with Gasteiger partial charge in [0.1, 0.15) is 6.61 Å². The minimum Gasteiger partial charge on any atom is -0.458 e. The number of benzene rings is 1. The first-order chi connectivity index (χ1) is 10.1. The average Bonchev–Trinajstić information content (AvgIpc) is 2.47. The van der Waals surface area contributed by atoms with E-state index in [1.807, 2.05) is 43.3 Å². The molecule has 2 amide bonds. The molecular formula is C16H18N2O3. The molecule has 21 heavy (non-hydrogen) atoms. The van der Waals surface area contributed by atoms with Gasteiger partial charge in [-0.25, -0.2) is 9.59 Å². The highest BCUT2D eigenvalue weighted by molar-refractivity contribution is 5.95. The second-order valence-electron chi connectivity index (χ2n) is 4.65. The van der Waals surface area contributed by atoms with Crippen LogP contribution in [0.1, 0.15) is 25.5 Å². The van der Waals surface area contributed by atoms with E-state index in [9.17, 15) is 9.59 Å². The van der Waals surface area contributed by atoms with Crippen LogP contribution in [0.5, 0.6) is 0 Å². The van der Waals surface area contributed by atoms with Crippen LogP contribution in [0.3, 0.4) is 0 Å². The van der Waals surface area contributed by atoms with E-state index in [1.54, 1.807) is 13.0 Å². The first kappa shape index (κ1) is 14.8. The van der Waals surface area contributed by atoms with E-state index >= 15 is 0 Å². The number of esters is 1. The molecule has 0 spiro atoms. The topological polar surface area (TPSA) is 67.4 Å². The zero-order chi connectivity index (χ0) is 15.2. The van der Waals surface area contributed by atoms with Crippen LogP contribution < -0.4 is 10.6 Å². The SMILES string of the molecule is C/C=C/COC(=O)C1=C(C)NC(=O)NC1c1ccccc1. The summed E-state index contributed by atoms with van der Waals surface area (Å²) >= 11 is 0. The van der Waals surface area contributed by atoms with Gasteiger partial charge in [-0.3, -0.25) is 0 Å². The van der Waals surface area contributed by atoms with Gasteiger partial charge in [-0.1, -0.05) is 42.5 Å². The van der Waals surface area contributed by atoms with Crippen molar-refractivity contribution in [1.82, 2.24) is 10.6 Å². The van der Waals surface area contributed by atoms with E-state index in [-0.39, 0.29) is 12.6 Å². The van der Waals surface area contributed by atoms with Gasteiger partial charge in [0, 0.05) is 5.70 Å². The van der Waals surface area contributed by atoms with Gasteiger partial charge in [0.15, 0.2) is 0 Å². The fourth-order valence-electron chi connectivity index (χ4n) is 2.16. The van der Waals surface area contributed by atoms with E-state index in [0.717, 1.165) is 5.56 Å². The Labute approximate surface area is 123 Å². The molecule has 1 heterocycles. The van der Waals surface area contributed by atoms with Crippen molar-refractivity contribution in [3.05, 3.63) is 59.3 Å². The van der Waals surface area contributed by atoms with Gasteiger partial charge in [-0.15, -0.1) is 0 Å². The highest BCUT2D eigenvalue weighted by atomic mass is 16.5. The van der Waals surface area contributed by atoms with Crippen molar-refractivity contribution < 1.29 is 14.3 Å². The lowest BCUT2D eigenvalue weighted by Crippen LogP contribution is -2.45. The molecule has 0 aliphatic carbocycles. The maximum Gasteiger partial charge on any atom is 0.338 e. The molecule has 1 aliphatic rings. The summed E-state index contributed by atoms with van der Waals surface area (Å²) in [5.74, 6) is -0.438. The molecule has 1 unspecified atom stereocenters. The standard InChI is InChI=1S/C16H18N2O3/c1-3-4-10-21-15(19)13-11(2)17-16(20)18-14(13)12-8-6-5-7-9-12/h3-9,14H,10H2,1-2H3,(H2,17,18,20)/b4-3+. The van der Waals surface area contributed by atoms with Gasteiger partial charge in [-0.2, -0.15) is 0 Å². The van der Waals surface area contributed by atoms with E-state index in [2.05, 4.69) is 10.6 Å². The maximum absolute atomic E-state index is 12.3. The molecular weight excluding hydrogens is 268 g/mol. The number of rotatable bonds is 4. The summed E-state index contributed by atoms with van der Waals surface area (Å²) in [6, 6.07) is 8.51. The summed E-state index contributed by atoms with van der Waals surface area (Å²) in [5.41, 5.74) is 1.77. The number of ether oxygens (including phenoxy) is 1. The first-order valence-corrected chi connectivity index (χ1v) is 6.75. The molecule has 1 aliphatic heterocycles. The van der Waals surface area contributed by atoms with Crippen molar-refractivity contribution in [2.24, 2.45) is 0 Å². The lowest BCUT2D eigenvalue weighted by atomic mass is 9.96. The third-order valence-corrected chi connectivity index (χ3v) is 3.17. The van der Waals surface area contributed by atoms with E-state index < -0.39 is 12.0 Å². The molecule has 0 radical (unpaired) electrons. The number of carbonyl (C=O) groups excluding carboxylic acids is 2. The molecule has 1 aromatic rings. The molecule has 110 valence electrons. The smallest absolute Gasteiger partial charge is 0.338 e. The Morgan fingerprint density at radius 2 is 2.05 bits per heavy atom. The second-order valence-corrected chi connectivity index (χ2v) is 4.65. The summed E-state index contributed by atoms with van der Waals surface area (Å²) < 4.78 is 5.20. The fourth-order valence-corrected chi connectivity index (χ4v) is 2.16. The minimum atomic E-state index is -0.502. The van der Waals surface area contributed by atoms with E-state index in [1.165, 1.54) is 0 Å². The van der Waals surface area contributed by atoms with Crippen molar-refractivity contribution in [3.63, 3.8) is 0 Å². The van der Waals surface area contributed by atoms with Crippen molar-refractivity contribution in [3.8, 4) is 0 Å². The van der Waals surface area contributed by atoms with Crippen LogP contribution in [0.2, 0.25) is 0 Å². The molecule has 2 N–H and O–H groups in total. The first-order valence-electron chi connectivity index (χ1n) is 6.75. The molecule has 0 fully saturated rings. The number of hydrogen-bond donors (Lipinski definition) is 2. The lowest BCUT2D eigenvalue weighted by molar-refractivity contribution is -0.138. The lowest BCUT2D eigenvalue weighted by Gasteiger charge is -2.28. The van der Waals surface area contributed by atoms with Crippen LogP contribution >= 0.6 is 0 Å². The summed E-state index contributed by atoms with van der Waals surface area (Å²) in [7, 11) is 0. The van der Waals surface area contributed by atoms with Crippen LogP contribution in [0.15, 0.2) is 53.8 Å². The Kier molecular flexibility index (Phi) is 4.77. The molecule has 0 saturated carbocycles. The second kappa shape index (κ2) is 6.74. The largest absolute Gasteiger partial charge is 0.458 e. The van der Waals surface area contributed by atoms with Crippen LogP contribution in [0.25, 0.3) is 0 Å². The summed E-state index contributed by atoms with van der Waals surface area (Å²) in [6.07, 6.45) is 3.56. The molecule has 1 aromatic carbocycles. The van der Waals surface area contributed by atoms with Crippen molar-refractivity contribution in [2.75, 3.05) is 6.61 Å². The summed E-state index contributed by atoms with van der Waals surface area (Å²) in [4.78, 5) is 23.9. The third-order valence-electron chi connectivity index (χ3n) is 3.17. The van der Waals surface area contributed by atoms with Crippen LogP contribution in [-0.2, 0) is 9.53 Å². The number of nitrogens with one attached hydrogen (secondary N) is 2. The Hall–Kier alpha value is -2.56. The minimum absolute atomic E-state index is 0.210. The Morgan fingerprint density at radius 1 is 1.33 bits per heavy atom. The van der Waals surface area contributed by atoms with Gasteiger partial charge in [0.25, 0.3) is 0 Å². The Balaban J connectivity index is 2.30. The van der Waals surface area contributed by atoms with Gasteiger partial charge < -0.3 is 15.4 Å². The third kappa shape index (κ3) is 3.51. The van der Waals surface area contributed by atoms with Crippen LogP contribution in [0, 0.1) is 0 Å². The van der Waals surface area contributed by atoms with E-state index in [0.29, 0.717) is 11.3 Å². The Bertz CT molecular complexity index is 591. The van der Waals surface area contributed by atoms with Gasteiger partial charge in [-0.05, 0) is 19.4 Å². The zero-order valence-corrected chi connectivity index (χ0v) is 12.1. The predicted molar refractivity (Wildman–Crippen MR) is 79.3 cm³/mol. The number of amides is 2. The predicted octanol–water partition coefficient (Wildman–Crippen LogP) is 2.43. The molecule has 5 nitrogen and oxygen atoms in total. The van der Waals surface area contributed by atoms with Gasteiger partial charge in [0.05, 0.1) is 11.6 Å². The number of allylic oxidation sites excluding steroid dienone is 2. The fraction of sp³-hybridized carbons (Fsp3) is 0.250. The zero-order valence-electron chi connectivity index (χ0n) is 12.1. The Morgan fingerprint density at radius 3 is 2.71 bits per heavy atom. The monoisotopic (exact) mass is 286 g/mol. The number of urea groups is 1. The summed E-state index contributed by atoms with van der Waals surface area (Å²) in [6.45, 7) is 3.76. The molecule has 0 bridgehead atoms. The highest BCUT2D eigenvalue weighted by Gasteiger charge is 2.31. The van der Waals surface area contributed by atoms with Gasteiger partial charge in [0.2, 0.25) is 0 Å². The van der Waals surface area contributed by atoms with Crippen molar-refractivity contribution in [1.29, 1.82) is 0 Å². The molecule has 0 saturated heterocycles. The quantitative estimate of drug-likeness (QED) is 0.660.